The van der Waals surface area contributed by atoms with E-state index in [2.05, 4.69) is 17.4 Å². The van der Waals surface area contributed by atoms with Crippen LogP contribution >= 0.6 is 0 Å². The SMILES string of the molecule is CS(=O)(=O)N1CCCNC(Cc2ccccc2)C1. The first-order valence-electron chi connectivity index (χ1n) is 6.28. The van der Waals surface area contributed by atoms with E-state index in [0.29, 0.717) is 13.1 Å². The Kier molecular flexibility index (Phi) is 4.37. The molecule has 100 valence electrons. The first kappa shape index (κ1) is 13.5. The van der Waals surface area contributed by atoms with E-state index in [-0.39, 0.29) is 6.04 Å². The molecule has 0 spiro atoms. The smallest absolute Gasteiger partial charge is 0.211 e. The van der Waals surface area contributed by atoms with Gasteiger partial charge in [0, 0.05) is 19.1 Å². The predicted molar refractivity (Wildman–Crippen MR) is 73.0 cm³/mol. The zero-order chi connectivity index (χ0) is 13.0. The molecule has 1 unspecified atom stereocenters. The second-order valence-electron chi connectivity index (χ2n) is 4.82. The Morgan fingerprint density at radius 1 is 1.33 bits per heavy atom. The molecule has 18 heavy (non-hydrogen) atoms. The Bertz CT molecular complexity index is 473. The summed E-state index contributed by atoms with van der Waals surface area (Å²) in [5.41, 5.74) is 1.24. The molecule has 1 atom stereocenters. The lowest BCUT2D eigenvalue weighted by atomic mass is 10.1. The lowest BCUT2D eigenvalue weighted by Crippen LogP contribution is -2.41. The fraction of sp³-hybridized carbons (Fsp3) is 0.538. The lowest BCUT2D eigenvalue weighted by molar-refractivity contribution is 0.394. The minimum atomic E-state index is -3.08. The molecule has 5 heteroatoms. The molecule has 0 bridgehead atoms. The third kappa shape index (κ3) is 3.80. The summed E-state index contributed by atoms with van der Waals surface area (Å²) < 4.78 is 24.9. The maximum absolute atomic E-state index is 11.6. The monoisotopic (exact) mass is 268 g/mol. The van der Waals surface area contributed by atoms with Crippen molar-refractivity contribution >= 4 is 10.0 Å². The van der Waals surface area contributed by atoms with Gasteiger partial charge in [-0.15, -0.1) is 0 Å². The molecular weight excluding hydrogens is 248 g/mol. The molecular formula is C13H20N2O2S. The van der Waals surface area contributed by atoms with Crippen molar-refractivity contribution in [2.75, 3.05) is 25.9 Å². The Morgan fingerprint density at radius 3 is 2.72 bits per heavy atom. The van der Waals surface area contributed by atoms with Crippen molar-refractivity contribution in [1.29, 1.82) is 0 Å². The van der Waals surface area contributed by atoms with E-state index in [1.54, 1.807) is 4.31 Å². The van der Waals surface area contributed by atoms with Crippen molar-refractivity contribution in [2.45, 2.75) is 18.9 Å². The molecule has 0 aromatic heterocycles. The largest absolute Gasteiger partial charge is 0.312 e. The molecule has 1 N–H and O–H groups in total. The number of nitrogens with zero attached hydrogens (tertiary/aromatic N) is 1. The van der Waals surface area contributed by atoms with Gasteiger partial charge in [-0.25, -0.2) is 12.7 Å². The van der Waals surface area contributed by atoms with Crippen LogP contribution in [0.5, 0.6) is 0 Å². The fourth-order valence-corrected chi connectivity index (χ4v) is 3.21. The number of benzene rings is 1. The van der Waals surface area contributed by atoms with Gasteiger partial charge in [0.1, 0.15) is 0 Å². The molecule has 1 saturated heterocycles. The molecule has 4 nitrogen and oxygen atoms in total. The topological polar surface area (TPSA) is 49.4 Å². The van der Waals surface area contributed by atoms with Gasteiger partial charge >= 0.3 is 0 Å². The molecule has 0 amide bonds. The predicted octanol–water partition coefficient (Wildman–Crippen LogP) is 0.853. The molecule has 1 heterocycles. The van der Waals surface area contributed by atoms with Crippen molar-refractivity contribution in [3.05, 3.63) is 35.9 Å². The van der Waals surface area contributed by atoms with E-state index in [1.165, 1.54) is 11.8 Å². The summed E-state index contributed by atoms with van der Waals surface area (Å²) >= 11 is 0. The minimum absolute atomic E-state index is 0.199. The Labute approximate surface area is 109 Å². The standard InChI is InChI=1S/C13H20N2O2S/c1-18(16,17)15-9-5-8-14-13(11-15)10-12-6-3-2-4-7-12/h2-4,6-7,13-14H,5,8-11H2,1H3. The van der Waals surface area contributed by atoms with E-state index >= 15 is 0 Å². The second kappa shape index (κ2) is 5.82. The van der Waals surface area contributed by atoms with Gasteiger partial charge in [-0.2, -0.15) is 0 Å². The summed E-state index contributed by atoms with van der Waals surface area (Å²) in [5, 5.41) is 3.43. The van der Waals surface area contributed by atoms with Gasteiger partial charge in [-0.3, -0.25) is 0 Å². The van der Waals surface area contributed by atoms with Crippen LogP contribution in [0.4, 0.5) is 0 Å². The van der Waals surface area contributed by atoms with Crippen molar-refractivity contribution in [3.8, 4) is 0 Å². The first-order valence-corrected chi connectivity index (χ1v) is 8.13. The third-order valence-corrected chi connectivity index (χ3v) is 4.50. The number of hydrogen-bond acceptors (Lipinski definition) is 3. The van der Waals surface area contributed by atoms with E-state index in [4.69, 9.17) is 0 Å². The van der Waals surface area contributed by atoms with E-state index in [0.717, 1.165) is 19.4 Å². The van der Waals surface area contributed by atoms with Crippen LogP contribution in [-0.4, -0.2) is 44.7 Å². The highest BCUT2D eigenvalue weighted by molar-refractivity contribution is 7.88. The van der Waals surface area contributed by atoms with Gasteiger partial charge in [-0.05, 0) is 24.9 Å². The normalized spacial score (nSPS) is 22.6. The van der Waals surface area contributed by atoms with Crippen LogP contribution in [-0.2, 0) is 16.4 Å². The summed E-state index contributed by atoms with van der Waals surface area (Å²) in [6, 6.07) is 10.4. The van der Waals surface area contributed by atoms with Gasteiger partial charge in [0.2, 0.25) is 10.0 Å². The van der Waals surface area contributed by atoms with Crippen LogP contribution in [0.15, 0.2) is 30.3 Å². The second-order valence-corrected chi connectivity index (χ2v) is 6.80. The summed E-state index contributed by atoms with van der Waals surface area (Å²) in [7, 11) is -3.08. The van der Waals surface area contributed by atoms with Crippen LogP contribution in [0.3, 0.4) is 0 Å². The molecule has 1 aromatic rings. The Balaban J connectivity index is 2.04. The third-order valence-electron chi connectivity index (χ3n) is 3.24. The van der Waals surface area contributed by atoms with E-state index < -0.39 is 10.0 Å². The number of rotatable bonds is 3. The number of hydrogen-bond donors (Lipinski definition) is 1. The zero-order valence-electron chi connectivity index (χ0n) is 10.7. The summed E-state index contributed by atoms with van der Waals surface area (Å²) in [6.45, 7) is 2.06. The fourth-order valence-electron chi connectivity index (χ4n) is 2.30. The highest BCUT2D eigenvalue weighted by Gasteiger charge is 2.23. The van der Waals surface area contributed by atoms with Crippen molar-refractivity contribution in [2.24, 2.45) is 0 Å². The number of nitrogens with one attached hydrogen (secondary N) is 1. The highest BCUT2D eigenvalue weighted by atomic mass is 32.2. The maximum atomic E-state index is 11.6. The van der Waals surface area contributed by atoms with Crippen LogP contribution in [0.25, 0.3) is 0 Å². The summed E-state index contributed by atoms with van der Waals surface area (Å²) in [4.78, 5) is 0. The van der Waals surface area contributed by atoms with Crippen molar-refractivity contribution < 1.29 is 8.42 Å². The van der Waals surface area contributed by atoms with Crippen LogP contribution < -0.4 is 5.32 Å². The highest BCUT2D eigenvalue weighted by Crippen LogP contribution is 2.10. The average molecular weight is 268 g/mol. The molecule has 0 saturated carbocycles. The van der Waals surface area contributed by atoms with Gasteiger partial charge in [0.05, 0.1) is 6.26 Å². The molecule has 1 fully saturated rings. The van der Waals surface area contributed by atoms with Gasteiger partial charge in [0.25, 0.3) is 0 Å². The van der Waals surface area contributed by atoms with Crippen molar-refractivity contribution in [3.63, 3.8) is 0 Å². The van der Waals surface area contributed by atoms with Crippen LogP contribution in [0.2, 0.25) is 0 Å². The Hall–Kier alpha value is -0.910. The molecule has 0 aliphatic carbocycles. The zero-order valence-corrected chi connectivity index (χ0v) is 11.5. The molecule has 1 aliphatic rings. The first-order chi connectivity index (χ1) is 8.55. The molecule has 0 radical (unpaired) electrons. The number of sulfonamides is 1. The molecule has 1 aliphatic heterocycles. The van der Waals surface area contributed by atoms with Gasteiger partial charge < -0.3 is 5.32 Å². The Morgan fingerprint density at radius 2 is 2.06 bits per heavy atom. The van der Waals surface area contributed by atoms with E-state index in [1.807, 2.05) is 18.2 Å². The minimum Gasteiger partial charge on any atom is -0.312 e. The van der Waals surface area contributed by atoms with Crippen LogP contribution in [0.1, 0.15) is 12.0 Å². The van der Waals surface area contributed by atoms with Gasteiger partial charge in [-0.1, -0.05) is 30.3 Å². The van der Waals surface area contributed by atoms with Crippen molar-refractivity contribution in [1.82, 2.24) is 9.62 Å². The summed E-state index contributed by atoms with van der Waals surface area (Å²) in [5.74, 6) is 0. The van der Waals surface area contributed by atoms with E-state index in [9.17, 15) is 8.42 Å². The van der Waals surface area contributed by atoms with Crippen LogP contribution in [0, 0.1) is 0 Å². The lowest BCUT2D eigenvalue weighted by Gasteiger charge is -2.22. The van der Waals surface area contributed by atoms with Gasteiger partial charge in [0.15, 0.2) is 0 Å². The summed E-state index contributed by atoms with van der Waals surface area (Å²) in [6.07, 6.45) is 3.03. The molecule has 2 rings (SSSR count). The molecule has 1 aromatic carbocycles. The quantitative estimate of drug-likeness (QED) is 0.884. The maximum Gasteiger partial charge on any atom is 0.211 e. The average Bonchev–Trinajstić information content (AvgIpc) is 2.55.